The highest BCUT2D eigenvalue weighted by Crippen LogP contribution is 2.00. The first-order valence-corrected chi connectivity index (χ1v) is 6.16. The predicted octanol–water partition coefficient (Wildman–Crippen LogP) is 3.00. The average Bonchev–Trinajstić information content (AvgIpc) is 2.27. The van der Waals surface area contributed by atoms with Gasteiger partial charge in [0.15, 0.2) is 0 Å². The van der Waals surface area contributed by atoms with E-state index in [1.54, 1.807) is 6.61 Å². The second kappa shape index (κ2) is 11.4. The maximum atomic E-state index is 5.60. The van der Waals surface area contributed by atoms with E-state index in [0.29, 0.717) is 13.2 Å². The molecule has 0 aromatic rings. The van der Waals surface area contributed by atoms with Gasteiger partial charge in [0.2, 0.25) is 0 Å². The lowest BCUT2D eigenvalue weighted by Crippen LogP contribution is -2.23. The van der Waals surface area contributed by atoms with Gasteiger partial charge in [-0.05, 0) is 26.7 Å². The Morgan fingerprint density at radius 2 is 1.75 bits per heavy atom. The maximum Gasteiger partial charge on any atom is 0.0869 e. The Balaban J connectivity index is 3.32. The number of rotatable bonds is 11. The molecular weight excluding hydrogens is 204 g/mol. The van der Waals surface area contributed by atoms with Gasteiger partial charge >= 0.3 is 0 Å². The molecule has 0 aliphatic heterocycles. The van der Waals surface area contributed by atoms with Gasteiger partial charge in [-0.3, -0.25) is 0 Å². The van der Waals surface area contributed by atoms with E-state index in [2.05, 4.69) is 6.92 Å². The normalized spacial score (nSPS) is 15.0. The third kappa shape index (κ3) is 10.4. The fourth-order valence-electron chi connectivity index (χ4n) is 1.11. The lowest BCUT2D eigenvalue weighted by molar-refractivity contribution is -0.0501. The molecule has 0 fully saturated rings. The summed E-state index contributed by atoms with van der Waals surface area (Å²) in [7, 11) is 0. The molecule has 0 saturated heterocycles. The molecule has 0 aliphatic carbocycles. The van der Waals surface area contributed by atoms with Crippen molar-refractivity contribution in [3.8, 4) is 0 Å². The lowest BCUT2D eigenvalue weighted by atomic mass is 10.3. The quantitative estimate of drug-likeness (QED) is 0.511. The van der Waals surface area contributed by atoms with Gasteiger partial charge in [-0.2, -0.15) is 0 Å². The first-order chi connectivity index (χ1) is 7.70. The molecule has 0 aliphatic rings. The van der Waals surface area contributed by atoms with Crippen LogP contribution in [-0.2, 0) is 14.2 Å². The molecule has 0 heterocycles. The Morgan fingerprint density at radius 1 is 1.06 bits per heavy atom. The molecule has 0 spiro atoms. The van der Waals surface area contributed by atoms with E-state index >= 15 is 0 Å². The van der Waals surface area contributed by atoms with E-state index in [4.69, 9.17) is 14.2 Å². The van der Waals surface area contributed by atoms with Crippen LogP contribution in [0.3, 0.4) is 0 Å². The highest BCUT2D eigenvalue weighted by molar-refractivity contribution is 4.67. The molecule has 2 unspecified atom stereocenters. The lowest BCUT2D eigenvalue weighted by Gasteiger charge is -2.17. The van der Waals surface area contributed by atoms with Crippen molar-refractivity contribution in [2.24, 2.45) is 0 Å². The van der Waals surface area contributed by atoms with Crippen molar-refractivity contribution in [3.05, 3.63) is 13.0 Å². The highest BCUT2D eigenvalue weighted by Gasteiger charge is 2.06. The molecule has 2 atom stereocenters. The number of hydrogen-bond acceptors (Lipinski definition) is 3. The summed E-state index contributed by atoms with van der Waals surface area (Å²) in [6, 6.07) is 0. The van der Waals surface area contributed by atoms with Crippen LogP contribution in [0.15, 0.2) is 0 Å². The summed E-state index contributed by atoms with van der Waals surface area (Å²) in [5.41, 5.74) is 0. The van der Waals surface area contributed by atoms with Crippen molar-refractivity contribution in [2.45, 2.75) is 52.7 Å². The second-order valence-electron chi connectivity index (χ2n) is 3.98. The average molecular weight is 230 g/mol. The Bertz CT molecular complexity index is 123. The molecule has 3 nitrogen and oxygen atoms in total. The first kappa shape index (κ1) is 15.9. The predicted molar refractivity (Wildman–Crippen MR) is 66.0 cm³/mol. The Kier molecular flexibility index (Phi) is 11.3. The highest BCUT2D eigenvalue weighted by atomic mass is 16.6. The van der Waals surface area contributed by atoms with E-state index in [9.17, 15) is 0 Å². The summed E-state index contributed by atoms with van der Waals surface area (Å²) in [6.07, 6.45) is 4.42. The third-order valence-corrected chi connectivity index (χ3v) is 2.08. The first-order valence-electron chi connectivity index (χ1n) is 6.16. The van der Waals surface area contributed by atoms with Crippen molar-refractivity contribution in [3.63, 3.8) is 0 Å². The zero-order chi connectivity index (χ0) is 12.2. The van der Waals surface area contributed by atoms with Crippen molar-refractivity contribution in [1.82, 2.24) is 0 Å². The van der Waals surface area contributed by atoms with Crippen molar-refractivity contribution in [2.75, 3.05) is 19.8 Å². The molecular formula is C13H26O3. The van der Waals surface area contributed by atoms with Crippen LogP contribution < -0.4 is 0 Å². The summed E-state index contributed by atoms with van der Waals surface area (Å²) in [5.74, 6) is 0. The fraction of sp³-hybridized carbons (Fsp3) is 0.846. The number of hydrogen-bond donors (Lipinski definition) is 0. The summed E-state index contributed by atoms with van der Waals surface area (Å²) in [6.45, 7) is 11.8. The van der Waals surface area contributed by atoms with Gasteiger partial charge in [0.25, 0.3) is 0 Å². The van der Waals surface area contributed by atoms with E-state index in [1.807, 2.05) is 27.2 Å². The van der Waals surface area contributed by atoms with Gasteiger partial charge in [0, 0.05) is 6.61 Å². The van der Waals surface area contributed by atoms with Crippen LogP contribution in [0.2, 0.25) is 0 Å². The fourth-order valence-corrected chi connectivity index (χ4v) is 1.11. The van der Waals surface area contributed by atoms with Crippen LogP contribution in [-0.4, -0.2) is 32.0 Å². The Labute approximate surface area is 100 Å². The van der Waals surface area contributed by atoms with Gasteiger partial charge in [-0.25, -0.2) is 0 Å². The zero-order valence-electron chi connectivity index (χ0n) is 11.1. The molecule has 0 aromatic heterocycles. The molecule has 0 bridgehead atoms. The monoisotopic (exact) mass is 230 g/mol. The Morgan fingerprint density at radius 3 is 2.38 bits per heavy atom. The summed E-state index contributed by atoms with van der Waals surface area (Å²) < 4.78 is 16.4. The number of unbranched alkanes of at least 4 members (excludes halogenated alkanes) is 1. The summed E-state index contributed by atoms with van der Waals surface area (Å²) in [5, 5.41) is 0. The zero-order valence-corrected chi connectivity index (χ0v) is 11.1. The molecule has 96 valence electrons. The van der Waals surface area contributed by atoms with Crippen LogP contribution >= 0.6 is 0 Å². The minimum atomic E-state index is 0.105. The van der Waals surface area contributed by atoms with Crippen LogP contribution in [0, 0.1) is 13.0 Å². The van der Waals surface area contributed by atoms with Crippen LogP contribution in [0.25, 0.3) is 0 Å². The largest absolute Gasteiger partial charge is 0.376 e. The van der Waals surface area contributed by atoms with Crippen LogP contribution in [0.5, 0.6) is 0 Å². The number of ether oxygens (including phenoxy) is 3. The van der Waals surface area contributed by atoms with Gasteiger partial charge in [0.1, 0.15) is 0 Å². The van der Waals surface area contributed by atoms with Gasteiger partial charge in [-0.15, -0.1) is 0 Å². The SMILES string of the molecule is C[CH][CH]OCC(C)OCC(C)OCCCC. The van der Waals surface area contributed by atoms with Crippen molar-refractivity contribution < 1.29 is 14.2 Å². The minimum Gasteiger partial charge on any atom is -0.376 e. The Hall–Kier alpha value is -0.120. The summed E-state index contributed by atoms with van der Waals surface area (Å²) >= 11 is 0. The van der Waals surface area contributed by atoms with E-state index < -0.39 is 0 Å². The van der Waals surface area contributed by atoms with Gasteiger partial charge in [-0.1, -0.05) is 20.3 Å². The minimum absolute atomic E-state index is 0.105. The van der Waals surface area contributed by atoms with Crippen LogP contribution in [0.1, 0.15) is 40.5 Å². The third-order valence-electron chi connectivity index (χ3n) is 2.08. The van der Waals surface area contributed by atoms with E-state index in [-0.39, 0.29) is 12.2 Å². The van der Waals surface area contributed by atoms with Gasteiger partial charge in [0.05, 0.1) is 32.0 Å². The molecule has 0 N–H and O–H groups in total. The van der Waals surface area contributed by atoms with E-state index in [0.717, 1.165) is 13.0 Å². The molecule has 16 heavy (non-hydrogen) atoms. The second-order valence-corrected chi connectivity index (χ2v) is 3.98. The summed E-state index contributed by atoms with van der Waals surface area (Å²) in [4.78, 5) is 0. The topological polar surface area (TPSA) is 27.7 Å². The van der Waals surface area contributed by atoms with Crippen molar-refractivity contribution >= 4 is 0 Å². The molecule has 3 heteroatoms. The van der Waals surface area contributed by atoms with Crippen molar-refractivity contribution in [1.29, 1.82) is 0 Å². The maximum absolute atomic E-state index is 5.60. The molecule has 0 rings (SSSR count). The molecule has 0 saturated carbocycles. The molecule has 2 radical (unpaired) electrons. The standard InChI is InChI=1S/C13H26O3/c1-5-7-9-15-13(4)11-16-12(3)10-14-8-6-2/h6,8,12-13H,5,7,9-11H2,1-4H3. The van der Waals surface area contributed by atoms with E-state index in [1.165, 1.54) is 6.42 Å². The van der Waals surface area contributed by atoms with Gasteiger partial charge < -0.3 is 14.2 Å². The molecule has 0 aromatic carbocycles. The smallest absolute Gasteiger partial charge is 0.0869 e. The molecule has 0 amide bonds. The van der Waals surface area contributed by atoms with Crippen LogP contribution in [0.4, 0.5) is 0 Å².